The maximum absolute atomic E-state index is 5.41. The fraction of sp³-hybridized carbons (Fsp3) is 1.00. The lowest BCUT2D eigenvalue weighted by Crippen LogP contribution is -2.32. The summed E-state index contributed by atoms with van der Waals surface area (Å²) in [7, 11) is -0.384. The summed E-state index contributed by atoms with van der Waals surface area (Å²) in [6, 6.07) is 0. The Balaban J connectivity index is 2.75. The molecule has 2 nitrogen and oxygen atoms in total. The van der Waals surface area contributed by atoms with Crippen LogP contribution < -0.4 is 11.1 Å². The molecule has 0 rings (SSSR count). The molecule has 0 spiro atoms. The minimum atomic E-state index is -0.384. The summed E-state index contributed by atoms with van der Waals surface area (Å²) in [5.41, 5.74) is 5.76. The number of hydrogen-bond acceptors (Lipinski definition) is 2. The van der Waals surface area contributed by atoms with E-state index in [1.807, 2.05) is 0 Å². The van der Waals surface area contributed by atoms with Crippen LogP contribution in [0.3, 0.4) is 0 Å². The minimum Gasteiger partial charge on any atom is -0.355 e. The van der Waals surface area contributed by atoms with Crippen LogP contribution in [-0.4, -0.2) is 15.3 Å². The average Bonchev–Trinajstić information content (AvgIpc) is 1.65. The predicted molar refractivity (Wildman–Crippen MR) is 31.0 cm³/mol. The highest BCUT2D eigenvalue weighted by atomic mass is 28.2. The maximum atomic E-state index is 5.41. The fourth-order valence-corrected chi connectivity index (χ4v) is 0.500. The normalized spacial score (nSPS) is 16.5. The fourth-order valence-electron chi connectivity index (χ4n) is 0.167. The maximum Gasteiger partial charge on any atom is 0.106 e. The van der Waals surface area contributed by atoms with Crippen molar-refractivity contribution in [3.8, 4) is 0 Å². The molecule has 0 radical (unpaired) electrons. The lowest BCUT2D eigenvalue weighted by molar-refractivity contribution is 0.844. The zero-order valence-electron chi connectivity index (χ0n) is 4.15. The molecule has 0 aliphatic rings. The molecule has 3 heteroatoms. The van der Waals surface area contributed by atoms with Crippen LogP contribution >= 0.6 is 0 Å². The Kier molecular flexibility index (Phi) is 3.41. The van der Waals surface area contributed by atoms with Crippen molar-refractivity contribution >= 4 is 9.68 Å². The van der Waals surface area contributed by atoms with Gasteiger partial charge in [0.15, 0.2) is 0 Å². The third-order valence-electron chi connectivity index (χ3n) is 0.827. The van der Waals surface area contributed by atoms with Crippen molar-refractivity contribution in [3.63, 3.8) is 0 Å². The molecule has 6 heavy (non-hydrogen) atoms. The van der Waals surface area contributed by atoms with Gasteiger partial charge in [0.2, 0.25) is 0 Å². The van der Waals surface area contributed by atoms with E-state index in [2.05, 4.69) is 6.92 Å². The minimum absolute atomic E-state index is 0.352. The van der Waals surface area contributed by atoms with Gasteiger partial charge in [0.1, 0.15) is 9.68 Å². The molecule has 0 saturated carbocycles. The second-order valence-corrected chi connectivity index (χ2v) is 2.92. The van der Waals surface area contributed by atoms with Crippen molar-refractivity contribution in [2.45, 2.75) is 19.0 Å². The van der Waals surface area contributed by atoms with E-state index < -0.39 is 0 Å². The van der Waals surface area contributed by atoms with Crippen molar-refractivity contribution in [1.29, 1.82) is 0 Å². The molecule has 0 aromatic heterocycles. The first-order valence-corrected chi connectivity index (χ1v) is 3.90. The number of hydrogen-bond donors (Lipinski definition) is 2. The third-order valence-corrected chi connectivity index (χ3v) is 2.01. The Labute approximate surface area is 40.8 Å². The summed E-state index contributed by atoms with van der Waals surface area (Å²) in [6.07, 6.45) is 1.04. The number of rotatable bonds is 2. The zero-order chi connectivity index (χ0) is 4.99. The van der Waals surface area contributed by atoms with Crippen LogP contribution in [0.4, 0.5) is 0 Å². The first-order valence-electron chi connectivity index (χ1n) is 2.27. The Bertz CT molecular complexity index is 28.0. The lowest BCUT2D eigenvalue weighted by Gasteiger charge is -1.98. The zero-order valence-corrected chi connectivity index (χ0v) is 5.56. The van der Waals surface area contributed by atoms with Gasteiger partial charge in [-0.25, -0.2) is 0 Å². The van der Waals surface area contributed by atoms with E-state index in [4.69, 9.17) is 11.1 Å². The molecule has 0 bridgehead atoms. The van der Waals surface area contributed by atoms with E-state index in [1.54, 1.807) is 0 Å². The second-order valence-electron chi connectivity index (χ2n) is 1.40. The Hall–Kier alpha value is 0.137. The van der Waals surface area contributed by atoms with Crippen molar-refractivity contribution in [3.05, 3.63) is 0 Å². The van der Waals surface area contributed by atoms with E-state index in [-0.39, 0.29) is 9.68 Å². The van der Waals surface area contributed by atoms with Gasteiger partial charge in [-0.2, -0.15) is 0 Å². The summed E-state index contributed by atoms with van der Waals surface area (Å²) in [5.74, 6) is 0. The van der Waals surface area contributed by atoms with Gasteiger partial charge in [-0.15, -0.1) is 0 Å². The summed E-state index contributed by atoms with van der Waals surface area (Å²) < 4.78 is 0. The molecule has 1 unspecified atom stereocenters. The van der Waals surface area contributed by atoms with Crippen LogP contribution in [0, 0.1) is 0 Å². The molecule has 0 aromatic carbocycles. The topological polar surface area (TPSA) is 52.0 Å². The molecule has 4 N–H and O–H groups in total. The second kappa shape index (κ2) is 3.33. The van der Waals surface area contributed by atoms with Crippen molar-refractivity contribution in [2.24, 2.45) is 11.1 Å². The van der Waals surface area contributed by atoms with Crippen LogP contribution in [0.1, 0.15) is 13.3 Å². The van der Waals surface area contributed by atoms with Crippen LogP contribution in [0.2, 0.25) is 0 Å². The van der Waals surface area contributed by atoms with Crippen LogP contribution in [0.5, 0.6) is 0 Å². The monoisotopic (exact) mass is 104 g/mol. The molecule has 0 fully saturated rings. The first kappa shape index (κ1) is 6.14. The molecular formula is C3H12N2Si. The number of nitrogens with two attached hydrogens (primary N) is 2. The SMILES string of the molecule is CCC(N)[SiH2]N. The molecule has 0 aliphatic heterocycles. The summed E-state index contributed by atoms with van der Waals surface area (Å²) in [6.45, 7) is 2.06. The van der Waals surface area contributed by atoms with Crippen LogP contribution in [0.25, 0.3) is 0 Å². The third kappa shape index (κ3) is 2.38. The van der Waals surface area contributed by atoms with Crippen molar-refractivity contribution < 1.29 is 0 Å². The lowest BCUT2D eigenvalue weighted by atomic mass is 10.5. The Morgan fingerprint density at radius 2 is 2.33 bits per heavy atom. The van der Waals surface area contributed by atoms with E-state index in [0.29, 0.717) is 5.67 Å². The van der Waals surface area contributed by atoms with Crippen molar-refractivity contribution in [2.75, 3.05) is 0 Å². The molecule has 0 aliphatic carbocycles. The van der Waals surface area contributed by atoms with E-state index >= 15 is 0 Å². The van der Waals surface area contributed by atoms with Gasteiger partial charge >= 0.3 is 0 Å². The summed E-state index contributed by atoms with van der Waals surface area (Å²) in [5, 5.41) is 5.30. The van der Waals surface area contributed by atoms with E-state index in [9.17, 15) is 0 Å². The van der Waals surface area contributed by atoms with Gasteiger partial charge < -0.3 is 11.1 Å². The molecule has 0 amide bonds. The highest BCUT2D eigenvalue weighted by molar-refractivity contribution is 6.33. The Morgan fingerprint density at radius 1 is 1.83 bits per heavy atom. The van der Waals surface area contributed by atoms with Gasteiger partial charge in [0.25, 0.3) is 0 Å². The predicted octanol–water partition coefficient (Wildman–Crippen LogP) is -1.28. The first-order chi connectivity index (χ1) is 2.81. The van der Waals surface area contributed by atoms with E-state index in [1.165, 1.54) is 0 Å². The highest BCUT2D eigenvalue weighted by Gasteiger charge is 1.90. The van der Waals surface area contributed by atoms with Crippen molar-refractivity contribution in [1.82, 2.24) is 0 Å². The molecule has 38 valence electrons. The summed E-state index contributed by atoms with van der Waals surface area (Å²) >= 11 is 0. The highest BCUT2D eigenvalue weighted by Crippen LogP contribution is 1.75. The molecular weight excluding hydrogens is 92.1 g/mol. The summed E-state index contributed by atoms with van der Waals surface area (Å²) in [4.78, 5) is 0. The average molecular weight is 104 g/mol. The van der Waals surface area contributed by atoms with Gasteiger partial charge in [0.05, 0.1) is 0 Å². The smallest absolute Gasteiger partial charge is 0.106 e. The Morgan fingerprint density at radius 3 is 2.33 bits per heavy atom. The van der Waals surface area contributed by atoms with Crippen LogP contribution in [0.15, 0.2) is 0 Å². The standard InChI is InChI=1S/C3H12N2Si/c1-2-3(4)6-5/h3H,2,4-6H2,1H3. The van der Waals surface area contributed by atoms with Gasteiger partial charge in [-0.1, -0.05) is 6.92 Å². The van der Waals surface area contributed by atoms with Gasteiger partial charge in [0, 0.05) is 5.67 Å². The molecule has 0 heterocycles. The quantitative estimate of drug-likeness (QED) is 0.429. The van der Waals surface area contributed by atoms with Gasteiger partial charge in [-0.05, 0) is 6.42 Å². The largest absolute Gasteiger partial charge is 0.355 e. The molecule has 1 atom stereocenters. The van der Waals surface area contributed by atoms with E-state index in [0.717, 1.165) is 6.42 Å². The van der Waals surface area contributed by atoms with Gasteiger partial charge in [-0.3, -0.25) is 0 Å². The van der Waals surface area contributed by atoms with Crippen LogP contribution in [-0.2, 0) is 0 Å². The molecule has 0 aromatic rings. The molecule has 0 saturated heterocycles.